The van der Waals surface area contributed by atoms with Gasteiger partial charge in [-0.15, -0.1) is 0 Å². The van der Waals surface area contributed by atoms with Crippen LogP contribution in [0.5, 0.6) is 0 Å². The number of rotatable bonds is 3. The van der Waals surface area contributed by atoms with Gasteiger partial charge in [0.2, 0.25) is 0 Å². The number of halogens is 5. The van der Waals surface area contributed by atoms with Crippen molar-refractivity contribution >= 4 is 43.2 Å². The van der Waals surface area contributed by atoms with Crippen LogP contribution in [0.2, 0.25) is 5.02 Å². The minimum atomic E-state index is -4.78. The largest absolute Gasteiger partial charge is 0.417 e. The van der Waals surface area contributed by atoms with Crippen molar-refractivity contribution < 1.29 is 21.6 Å². The number of benzene rings is 2. The number of alkyl halides is 3. The summed E-state index contributed by atoms with van der Waals surface area (Å²) in [6, 6.07) is 8.21. The lowest BCUT2D eigenvalue weighted by Gasteiger charge is -2.15. The van der Waals surface area contributed by atoms with Crippen LogP contribution in [0.1, 0.15) is 5.56 Å². The molecule has 0 aliphatic heterocycles. The van der Waals surface area contributed by atoms with Gasteiger partial charge in [0.15, 0.2) is 0 Å². The monoisotopic (exact) mass is 413 g/mol. The van der Waals surface area contributed by atoms with Crippen LogP contribution in [0, 0.1) is 0 Å². The summed E-state index contributed by atoms with van der Waals surface area (Å²) in [7, 11) is -4.43. The average Bonchev–Trinajstić information content (AvgIpc) is 2.41. The van der Waals surface area contributed by atoms with Crippen LogP contribution in [0.3, 0.4) is 0 Å². The van der Waals surface area contributed by atoms with Crippen molar-refractivity contribution in [3.63, 3.8) is 0 Å². The van der Waals surface area contributed by atoms with Gasteiger partial charge in [0.25, 0.3) is 10.0 Å². The predicted octanol–water partition coefficient (Wildman–Crippen LogP) is 4.92. The first-order valence-corrected chi connectivity index (χ1v) is 8.41. The molecule has 22 heavy (non-hydrogen) atoms. The Balaban J connectivity index is 2.48. The number of nitrogens with one attached hydrogen (secondary N) is 1. The lowest BCUT2D eigenvalue weighted by molar-refractivity contribution is -0.139. The summed E-state index contributed by atoms with van der Waals surface area (Å²) in [5, 5.41) is 0.0578. The van der Waals surface area contributed by atoms with Crippen LogP contribution in [-0.4, -0.2) is 8.42 Å². The molecule has 0 saturated carbocycles. The van der Waals surface area contributed by atoms with Crippen LogP contribution >= 0.6 is 27.5 Å². The van der Waals surface area contributed by atoms with Gasteiger partial charge in [0, 0.05) is 4.47 Å². The normalized spacial score (nSPS) is 12.2. The van der Waals surface area contributed by atoms with Gasteiger partial charge in [-0.25, -0.2) is 8.42 Å². The Labute approximate surface area is 138 Å². The lowest BCUT2D eigenvalue weighted by atomic mass is 10.2. The number of hydrogen-bond donors (Lipinski definition) is 1. The van der Waals surface area contributed by atoms with Crippen molar-refractivity contribution in [3.05, 3.63) is 57.5 Å². The molecule has 0 unspecified atom stereocenters. The minimum Gasteiger partial charge on any atom is -0.278 e. The van der Waals surface area contributed by atoms with E-state index in [1.807, 2.05) is 0 Å². The maximum atomic E-state index is 12.9. The number of hydrogen-bond acceptors (Lipinski definition) is 2. The van der Waals surface area contributed by atoms with E-state index in [0.717, 1.165) is 12.1 Å². The molecule has 3 nitrogen and oxygen atoms in total. The van der Waals surface area contributed by atoms with Crippen LogP contribution in [0.4, 0.5) is 18.9 Å². The maximum Gasteiger partial charge on any atom is 0.417 e. The molecule has 1 N–H and O–H groups in total. The summed E-state index contributed by atoms with van der Waals surface area (Å²) < 4.78 is 65.9. The summed E-state index contributed by atoms with van der Waals surface area (Å²) >= 11 is 9.02. The van der Waals surface area contributed by atoms with Crippen LogP contribution in [-0.2, 0) is 16.2 Å². The Morgan fingerprint density at radius 1 is 1.09 bits per heavy atom. The predicted molar refractivity (Wildman–Crippen MR) is 81.4 cm³/mol. The highest BCUT2D eigenvalue weighted by Crippen LogP contribution is 2.35. The summed E-state index contributed by atoms with van der Waals surface area (Å²) in [5.74, 6) is 0. The molecule has 0 saturated heterocycles. The fraction of sp³-hybridized carbons (Fsp3) is 0.0769. The summed E-state index contributed by atoms with van der Waals surface area (Å²) in [5.41, 5.74) is -1.25. The topological polar surface area (TPSA) is 46.2 Å². The molecule has 0 spiro atoms. The van der Waals surface area contributed by atoms with Crippen LogP contribution < -0.4 is 4.72 Å². The second-order valence-corrected chi connectivity index (χ2v) is 7.20. The Morgan fingerprint density at radius 2 is 1.73 bits per heavy atom. The third-order valence-electron chi connectivity index (χ3n) is 2.66. The highest BCUT2D eigenvalue weighted by atomic mass is 79.9. The molecular formula is C13H8BrClF3NO2S. The molecule has 0 aliphatic rings. The van der Waals surface area contributed by atoms with Crippen molar-refractivity contribution in [3.8, 4) is 0 Å². The first-order chi connectivity index (χ1) is 10.1. The fourth-order valence-corrected chi connectivity index (χ4v) is 3.79. The first-order valence-electron chi connectivity index (χ1n) is 5.75. The van der Waals surface area contributed by atoms with Crippen molar-refractivity contribution in [2.75, 3.05) is 4.72 Å². The van der Waals surface area contributed by atoms with Crippen LogP contribution in [0.15, 0.2) is 51.8 Å². The maximum absolute atomic E-state index is 12.9. The molecule has 0 heterocycles. The Hall–Kier alpha value is -1.25. The molecule has 9 heteroatoms. The average molecular weight is 415 g/mol. The smallest absolute Gasteiger partial charge is 0.278 e. The van der Waals surface area contributed by atoms with E-state index in [1.54, 1.807) is 0 Å². The quantitative estimate of drug-likeness (QED) is 0.775. The van der Waals surface area contributed by atoms with Crippen LogP contribution in [0.25, 0.3) is 0 Å². The molecule has 2 rings (SSSR count). The van der Waals surface area contributed by atoms with E-state index in [0.29, 0.717) is 10.5 Å². The Bertz CT molecular complexity index is 809. The zero-order chi connectivity index (χ0) is 16.5. The molecule has 0 aliphatic carbocycles. The second-order valence-electron chi connectivity index (χ2n) is 4.22. The van der Waals surface area contributed by atoms with Gasteiger partial charge in [0.1, 0.15) is 0 Å². The zero-order valence-corrected chi connectivity index (χ0v) is 13.8. The molecule has 118 valence electrons. The van der Waals surface area contributed by atoms with Gasteiger partial charge in [-0.05, 0) is 30.3 Å². The third-order valence-corrected chi connectivity index (χ3v) is 4.89. The molecule has 0 aromatic heterocycles. The summed E-state index contributed by atoms with van der Waals surface area (Å²) in [6.45, 7) is 0. The fourth-order valence-electron chi connectivity index (χ4n) is 1.71. The van der Waals surface area contributed by atoms with Gasteiger partial charge in [-0.3, -0.25) is 4.72 Å². The highest BCUT2D eigenvalue weighted by molar-refractivity contribution is 9.10. The highest BCUT2D eigenvalue weighted by Gasteiger charge is 2.37. The van der Waals surface area contributed by atoms with E-state index in [1.165, 1.54) is 24.3 Å². The molecule has 2 aromatic carbocycles. The van der Waals surface area contributed by atoms with Gasteiger partial charge >= 0.3 is 6.18 Å². The van der Waals surface area contributed by atoms with Gasteiger partial charge < -0.3 is 0 Å². The molecule has 0 radical (unpaired) electrons. The molecule has 2 aromatic rings. The molecule has 0 fully saturated rings. The van der Waals surface area contributed by atoms with E-state index in [-0.39, 0.29) is 10.7 Å². The Kier molecular flexibility index (Phi) is 4.74. The third kappa shape index (κ3) is 3.74. The minimum absolute atomic E-state index is 0.0122. The summed E-state index contributed by atoms with van der Waals surface area (Å²) in [6.07, 6.45) is -4.78. The van der Waals surface area contributed by atoms with E-state index in [2.05, 4.69) is 20.7 Å². The number of sulfonamides is 1. The summed E-state index contributed by atoms with van der Waals surface area (Å²) in [4.78, 5) is -0.860. The molecular weight excluding hydrogens is 407 g/mol. The van der Waals surface area contributed by atoms with E-state index < -0.39 is 26.7 Å². The molecule has 0 atom stereocenters. The molecule has 0 amide bonds. The van der Waals surface area contributed by atoms with Gasteiger partial charge in [-0.2, -0.15) is 13.2 Å². The first kappa shape index (κ1) is 17.1. The van der Waals surface area contributed by atoms with Crippen molar-refractivity contribution in [2.45, 2.75) is 11.1 Å². The van der Waals surface area contributed by atoms with E-state index >= 15 is 0 Å². The standard InChI is InChI=1S/C13H8BrClF3NO2S/c14-8-5-6-11(10(15)7-8)19-22(20,21)12-4-2-1-3-9(12)13(16,17)18/h1-7,19H. The Morgan fingerprint density at radius 3 is 2.32 bits per heavy atom. The van der Waals surface area contributed by atoms with E-state index in [4.69, 9.17) is 11.6 Å². The second kappa shape index (κ2) is 6.10. The van der Waals surface area contributed by atoms with Gasteiger partial charge in [0.05, 0.1) is 21.2 Å². The van der Waals surface area contributed by atoms with E-state index in [9.17, 15) is 21.6 Å². The zero-order valence-electron chi connectivity index (χ0n) is 10.7. The lowest BCUT2D eigenvalue weighted by Crippen LogP contribution is -2.19. The van der Waals surface area contributed by atoms with Gasteiger partial charge in [-0.1, -0.05) is 39.7 Å². The van der Waals surface area contributed by atoms with Crippen molar-refractivity contribution in [1.82, 2.24) is 0 Å². The van der Waals surface area contributed by atoms with Crippen molar-refractivity contribution in [1.29, 1.82) is 0 Å². The molecule has 0 bridgehead atoms. The SMILES string of the molecule is O=S(=O)(Nc1ccc(Br)cc1Cl)c1ccccc1C(F)(F)F. The van der Waals surface area contributed by atoms with Crippen molar-refractivity contribution in [2.24, 2.45) is 0 Å². The number of anilines is 1.